The second-order valence-corrected chi connectivity index (χ2v) is 7.25. The van der Waals surface area contributed by atoms with Crippen LogP contribution in [0, 0.1) is 0 Å². The molecule has 23 heavy (non-hydrogen) atoms. The maximum Gasteiger partial charge on any atom is 0.301 e. The van der Waals surface area contributed by atoms with Crippen molar-refractivity contribution in [2.24, 2.45) is 5.16 Å². The van der Waals surface area contributed by atoms with Crippen LogP contribution in [0.2, 0.25) is 5.02 Å². The fourth-order valence-corrected chi connectivity index (χ4v) is 2.59. The molecule has 8 heteroatoms. The van der Waals surface area contributed by atoms with E-state index < -0.39 is 10.2 Å². The second kappa shape index (κ2) is 6.99. The molecule has 0 radical (unpaired) electrons. The zero-order valence-corrected chi connectivity index (χ0v) is 14.1. The zero-order chi connectivity index (χ0) is 17.0. The SMILES string of the molecule is CN(C)S(=O)(=O)Nc1cccc(C(=NO)c2ccc(Cl)cc2)c1. The highest BCUT2D eigenvalue weighted by atomic mass is 35.5. The summed E-state index contributed by atoms with van der Waals surface area (Å²) in [6, 6.07) is 13.4. The predicted octanol–water partition coefficient (Wildman–Crippen LogP) is 2.78. The van der Waals surface area contributed by atoms with Crippen molar-refractivity contribution in [1.29, 1.82) is 0 Å². The molecule has 0 fully saturated rings. The Morgan fingerprint density at radius 3 is 2.35 bits per heavy atom. The van der Waals surface area contributed by atoms with Crippen LogP contribution in [0.25, 0.3) is 0 Å². The Morgan fingerprint density at radius 2 is 1.78 bits per heavy atom. The van der Waals surface area contributed by atoms with E-state index in [0.29, 0.717) is 27.5 Å². The molecule has 0 bridgehead atoms. The molecular weight excluding hydrogens is 338 g/mol. The van der Waals surface area contributed by atoms with Crippen molar-refractivity contribution in [3.8, 4) is 0 Å². The number of hydrogen-bond acceptors (Lipinski definition) is 4. The molecule has 0 aliphatic rings. The first-order valence-corrected chi connectivity index (χ1v) is 8.44. The quantitative estimate of drug-likeness (QED) is 0.492. The molecule has 2 N–H and O–H groups in total. The van der Waals surface area contributed by atoms with Gasteiger partial charge in [0.2, 0.25) is 0 Å². The van der Waals surface area contributed by atoms with Crippen LogP contribution in [0.15, 0.2) is 53.7 Å². The van der Waals surface area contributed by atoms with Crippen molar-refractivity contribution in [3.05, 3.63) is 64.7 Å². The van der Waals surface area contributed by atoms with Gasteiger partial charge in [-0.05, 0) is 24.3 Å². The van der Waals surface area contributed by atoms with Crippen molar-refractivity contribution in [3.63, 3.8) is 0 Å². The van der Waals surface area contributed by atoms with Gasteiger partial charge in [-0.25, -0.2) is 0 Å². The number of rotatable bonds is 5. The molecule has 0 aromatic heterocycles. The van der Waals surface area contributed by atoms with E-state index in [1.807, 2.05) is 0 Å². The van der Waals surface area contributed by atoms with Crippen molar-refractivity contribution in [1.82, 2.24) is 4.31 Å². The summed E-state index contributed by atoms with van der Waals surface area (Å²) in [6.45, 7) is 0. The first kappa shape index (κ1) is 17.3. The molecule has 2 aromatic rings. The van der Waals surface area contributed by atoms with E-state index in [-0.39, 0.29) is 0 Å². The van der Waals surface area contributed by atoms with Crippen LogP contribution in [0.3, 0.4) is 0 Å². The van der Waals surface area contributed by atoms with Gasteiger partial charge in [-0.2, -0.15) is 12.7 Å². The lowest BCUT2D eigenvalue weighted by atomic mass is 10.0. The Hall–Kier alpha value is -2.09. The highest BCUT2D eigenvalue weighted by molar-refractivity contribution is 7.90. The summed E-state index contributed by atoms with van der Waals surface area (Å²) in [6.07, 6.45) is 0. The second-order valence-electron chi connectivity index (χ2n) is 4.93. The molecule has 0 unspecified atom stereocenters. The van der Waals surface area contributed by atoms with E-state index in [0.717, 1.165) is 4.31 Å². The van der Waals surface area contributed by atoms with Crippen LogP contribution < -0.4 is 4.72 Å². The van der Waals surface area contributed by atoms with Crippen molar-refractivity contribution in [2.75, 3.05) is 18.8 Å². The number of halogens is 1. The number of oxime groups is 1. The smallest absolute Gasteiger partial charge is 0.301 e. The van der Waals surface area contributed by atoms with Gasteiger partial charge in [-0.3, -0.25) is 4.72 Å². The Morgan fingerprint density at radius 1 is 1.13 bits per heavy atom. The van der Waals surface area contributed by atoms with E-state index in [1.165, 1.54) is 14.1 Å². The van der Waals surface area contributed by atoms with Crippen LogP contribution in [-0.4, -0.2) is 37.7 Å². The van der Waals surface area contributed by atoms with Gasteiger partial charge in [0, 0.05) is 30.2 Å². The molecule has 0 spiro atoms. The van der Waals surface area contributed by atoms with Gasteiger partial charge in [0.05, 0.1) is 5.69 Å². The molecule has 0 heterocycles. The van der Waals surface area contributed by atoms with Crippen LogP contribution in [-0.2, 0) is 10.2 Å². The van der Waals surface area contributed by atoms with Gasteiger partial charge >= 0.3 is 10.2 Å². The number of benzene rings is 2. The zero-order valence-electron chi connectivity index (χ0n) is 12.6. The molecule has 0 amide bonds. The fraction of sp³-hybridized carbons (Fsp3) is 0.133. The van der Waals surface area contributed by atoms with Crippen LogP contribution in [0.5, 0.6) is 0 Å². The van der Waals surface area contributed by atoms with Crippen molar-refractivity contribution < 1.29 is 13.6 Å². The maximum atomic E-state index is 11.9. The molecule has 0 atom stereocenters. The van der Waals surface area contributed by atoms with E-state index in [9.17, 15) is 13.6 Å². The van der Waals surface area contributed by atoms with Gasteiger partial charge < -0.3 is 5.21 Å². The third-order valence-corrected chi connectivity index (χ3v) is 4.79. The van der Waals surface area contributed by atoms with Crippen molar-refractivity contribution in [2.45, 2.75) is 0 Å². The van der Waals surface area contributed by atoms with E-state index in [1.54, 1.807) is 48.5 Å². The summed E-state index contributed by atoms with van der Waals surface area (Å²) < 4.78 is 27.3. The van der Waals surface area contributed by atoms with Gasteiger partial charge in [0.25, 0.3) is 0 Å². The minimum Gasteiger partial charge on any atom is -0.410 e. The van der Waals surface area contributed by atoms with Gasteiger partial charge in [-0.15, -0.1) is 0 Å². The summed E-state index contributed by atoms with van der Waals surface area (Å²) in [4.78, 5) is 0. The topological polar surface area (TPSA) is 82.0 Å². The summed E-state index contributed by atoms with van der Waals surface area (Å²) in [5.41, 5.74) is 1.90. The standard InChI is InChI=1S/C15H16ClN3O3S/c1-19(2)23(21,22)18-14-5-3-4-12(10-14)15(17-20)11-6-8-13(16)9-7-11/h3-10,18,20H,1-2H3. The van der Waals surface area contributed by atoms with Crippen LogP contribution >= 0.6 is 11.6 Å². The van der Waals surface area contributed by atoms with Gasteiger partial charge in [0.1, 0.15) is 5.71 Å². The molecule has 2 rings (SSSR count). The third kappa shape index (κ3) is 4.22. The highest BCUT2D eigenvalue weighted by Gasteiger charge is 2.14. The minimum atomic E-state index is -3.61. The van der Waals surface area contributed by atoms with E-state index in [4.69, 9.17) is 11.6 Å². The average Bonchev–Trinajstić information content (AvgIpc) is 2.50. The third-order valence-electron chi connectivity index (χ3n) is 3.08. The molecule has 0 saturated carbocycles. The molecular formula is C15H16ClN3O3S. The minimum absolute atomic E-state index is 0.313. The molecule has 6 nitrogen and oxygen atoms in total. The number of anilines is 1. The van der Waals surface area contributed by atoms with Crippen LogP contribution in [0.4, 0.5) is 5.69 Å². The molecule has 2 aromatic carbocycles. The summed E-state index contributed by atoms with van der Waals surface area (Å²) >= 11 is 5.85. The average molecular weight is 354 g/mol. The normalized spacial score (nSPS) is 12.4. The van der Waals surface area contributed by atoms with Crippen molar-refractivity contribution >= 4 is 33.2 Å². The largest absolute Gasteiger partial charge is 0.410 e. The lowest BCUT2D eigenvalue weighted by molar-refractivity contribution is 0.319. The first-order chi connectivity index (χ1) is 10.8. The van der Waals surface area contributed by atoms with Gasteiger partial charge in [0.15, 0.2) is 0 Å². The van der Waals surface area contributed by atoms with E-state index in [2.05, 4.69) is 9.88 Å². The maximum absolute atomic E-state index is 11.9. The number of nitrogens with zero attached hydrogens (tertiary/aromatic N) is 2. The monoisotopic (exact) mass is 353 g/mol. The Labute approximate surface area is 140 Å². The first-order valence-electron chi connectivity index (χ1n) is 6.62. The lowest BCUT2D eigenvalue weighted by Gasteiger charge is -2.14. The summed E-state index contributed by atoms with van der Waals surface area (Å²) in [5, 5.41) is 13.2. The molecule has 0 saturated heterocycles. The van der Waals surface area contributed by atoms with E-state index >= 15 is 0 Å². The summed E-state index contributed by atoms with van der Waals surface area (Å²) in [7, 11) is -0.745. The highest BCUT2D eigenvalue weighted by Crippen LogP contribution is 2.18. The molecule has 0 aliphatic heterocycles. The fourth-order valence-electron chi connectivity index (χ4n) is 1.86. The molecule has 122 valence electrons. The Bertz CT molecular complexity index is 818. The predicted molar refractivity (Wildman–Crippen MR) is 91.5 cm³/mol. The van der Waals surface area contributed by atoms with Crippen LogP contribution in [0.1, 0.15) is 11.1 Å². The van der Waals surface area contributed by atoms with Gasteiger partial charge in [-0.1, -0.05) is 41.0 Å². The number of nitrogens with one attached hydrogen (secondary N) is 1. The molecule has 0 aliphatic carbocycles. The number of hydrogen-bond donors (Lipinski definition) is 2. The summed E-state index contributed by atoms with van der Waals surface area (Å²) in [5.74, 6) is 0. The Balaban J connectivity index is 2.36. The Kier molecular flexibility index (Phi) is 5.25. The lowest BCUT2D eigenvalue weighted by Crippen LogP contribution is -2.29.